The van der Waals surface area contributed by atoms with E-state index >= 15 is 0 Å². The van der Waals surface area contributed by atoms with Gasteiger partial charge in [-0.25, -0.2) is 8.78 Å². The largest absolute Gasteiger partial charge is 0.484 e. The smallest absolute Gasteiger partial charge is 0.260 e. The molecule has 3 aromatic rings. The molecule has 0 aromatic heterocycles. The number of hydrogen-bond donors (Lipinski definition) is 0. The van der Waals surface area contributed by atoms with E-state index in [0.29, 0.717) is 37.0 Å². The van der Waals surface area contributed by atoms with Gasteiger partial charge in [0.25, 0.3) is 5.91 Å². The summed E-state index contributed by atoms with van der Waals surface area (Å²) < 4.78 is 32.5. The molecule has 1 amide bonds. The molecule has 0 aliphatic carbocycles. The van der Waals surface area contributed by atoms with Crippen LogP contribution in [0.5, 0.6) is 5.75 Å². The Morgan fingerprint density at radius 1 is 0.812 bits per heavy atom. The first-order chi connectivity index (χ1) is 15.5. The van der Waals surface area contributed by atoms with Crippen molar-refractivity contribution < 1.29 is 18.3 Å². The first-order valence-electron chi connectivity index (χ1n) is 10.4. The van der Waals surface area contributed by atoms with Gasteiger partial charge in [0.15, 0.2) is 6.61 Å². The summed E-state index contributed by atoms with van der Waals surface area (Å²) in [7, 11) is 0. The fourth-order valence-electron chi connectivity index (χ4n) is 3.90. The molecule has 0 saturated carbocycles. The topological polar surface area (TPSA) is 32.8 Å². The third-order valence-corrected chi connectivity index (χ3v) is 5.83. The fraction of sp³-hybridized carbons (Fsp3) is 0.240. The van der Waals surface area contributed by atoms with Gasteiger partial charge in [0.2, 0.25) is 0 Å². The Labute approximate surface area is 191 Å². The van der Waals surface area contributed by atoms with Gasteiger partial charge >= 0.3 is 0 Å². The zero-order chi connectivity index (χ0) is 22.5. The molecule has 32 heavy (non-hydrogen) atoms. The summed E-state index contributed by atoms with van der Waals surface area (Å²) in [5.41, 5.74) is 1.84. The number of piperazine rings is 1. The molecule has 0 bridgehead atoms. The van der Waals surface area contributed by atoms with E-state index in [4.69, 9.17) is 16.3 Å². The van der Waals surface area contributed by atoms with E-state index < -0.39 is 0 Å². The molecule has 4 nitrogen and oxygen atoms in total. The van der Waals surface area contributed by atoms with Crippen LogP contribution in [0, 0.1) is 11.6 Å². The Morgan fingerprint density at radius 3 is 1.81 bits per heavy atom. The molecule has 0 N–H and O–H groups in total. The van der Waals surface area contributed by atoms with E-state index in [1.807, 2.05) is 0 Å². The Balaban J connectivity index is 1.41. The molecule has 1 aliphatic rings. The minimum Gasteiger partial charge on any atom is -0.484 e. The van der Waals surface area contributed by atoms with Gasteiger partial charge in [0.05, 0.1) is 6.04 Å². The Bertz CT molecular complexity index is 990. The van der Waals surface area contributed by atoms with E-state index in [0.717, 1.165) is 11.1 Å². The van der Waals surface area contributed by atoms with E-state index in [1.54, 1.807) is 53.4 Å². The van der Waals surface area contributed by atoms with Crippen molar-refractivity contribution in [2.24, 2.45) is 0 Å². The highest BCUT2D eigenvalue weighted by Gasteiger charge is 2.28. The van der Waals surface area contributed by atoms with Crippen molar-refractivity contribution >= 4 is 17.5 Å². The highest BCUT2D eigenvalue weighted by Crippen LogP contribution is 2.30. The van der Waals surface area contributed by atoms with Crippen molar-refractivity contribution in [2.75, 3.05) is 32.8 Å². The predicted molar refractivity (Wildman–Crippen MR) is 120 cm³/mol. The molecule has 3 aromatic carbocycles. The minimum absolute atomic E-state index is 0.0407. The Kier molecular flexibility index (Phi) is 7.02. The molecule has 1 saturated heterocycles. The van der Waals surface area contributed by atoms with Crippen molar-refractivity contribution in [3.05, 3.63) is 101 Å². The first-order valence-corrected chi connectivity index (χ1v) is 10.8. The van der Waals surface area contributed by atoms with Gasteiger partial charge in [-0.15, -0.1) is 0 Å². The second-order valence-corrected chi connectivity index (χ2v) is 8.10. The van der Waals surface area contributed by atoms with Crippen LogP contribution in [0.4, 0.5) is 8.78 Å². The summed E-state index contributed by atoms with van der Waals surface area (Å²) in [6, 6.07) is 19.4. The van der Waals surface area contributed by atoms with Crippen molar-refractivity contribution in [1.82, 2.24) is 9.80 Å². The van der Waals surface area contributed by atoms with Gasteiger partial charge in [-0.2, -0.15) is 0 Å². The third-order valence-electron chi connectivity index (χ3n) is 5.58. The maximum atomic E-state index is 13.5. The standard InChI is InChI=1S/C25H23ClF2N2O2/c26-20-5-11-23(12-6-20)32-17-24(31)29-13-15-30(16-14-29)25(18-1-7-21(27)8-2-18)19-3-9-22(28)10-4-19/h1-12,25H,13-17H2. The van der Waals surface area contributed by atoms with Gasteiger partial charge in [0, 0.05) is 31.2 Å². The van der Waals surface area contributed by atoms with Crippen LogP contribution in [0.2, 0.25) is 5.02 Å². The molecule has 0 unspecified atom stereocenters. The van der Waals surface area contributed by atoms with Crippen molar-refractivity contribution in [1.29, 1.82) is 0 Å². The first kappa shape index (κ1) is 22.2. The van der Waals surface area contributed by atoms with Crippen molar-refractivity contribution in [3.8, 4) is 5.75 Å². The lowest BCUT2D eigenvalue weighted by molar-refractivity contribution is -0.135. The second-order valence-electron chi connectivity index (χ2n) is 7.66. The van der Waals surface area contributed by atoms with Crippen LogP contribution in [-0.2, 0) is 4.79 Å². The predicted octanol–water partition coefficient (Wildman–Crippen LogP) is 4.93. The number of carbonyl (C=O) groups excluding carboxylic acids is 1. The SMILES string of the molecule is O=C(COc1ccc(Cl)cc1)N1CCN(C(c2ccc(F)cc2)c2ccc(F)cc2)CC1. The minimum atomic E-state index is -0.303. The maximum Gasteiger partial charge on any atom is 0.260 e. The van der Waals surface area contributed by atoms with Gasteiger partial charge in [0.1, 0.15) is 17.4 Å². The van der Waals surface area contributed by atoms with Crippen LogP contribution in [0.25, 0.3) is 0 Å². The molecule has 0 spiro atoms. The van der Waals surface area contributed by atoms with Crippen LogP contribution < -0.4 is 4.74 Å². The summed E-state index contributed by atoms with van der Waals surface area (Å²) in [5, 5.41) is 0.608. The molecule has 1 aliphatic heterocycles. The van der Waals surface area contributed by atoms with Crippen LogP contribution in [-0.4, -0.2) is 48.5 Å². The number of hydrogen-bond acceptors (Lipinski definition) is 3. The van der Waals surface area contributed by atoms with E-state index in [-0.39, 0.29) is 30.2 Å². The van der Waals surface area contributed by atoms with Gasteiger partial charge in [-0.05, 0) is 59.7 Å². The van der Waals surface area contributed by atoms with Gasteiger partial charge in [-0.1, -0.05) is 35.9 Å². The number of amides is 1. The Hall–Kier alpha value is -2.96. The normalized spacial score (nSPS) is 14.6. The summed E-state index contributed by atoms with van der Waals surface area (Å²) in [6.07, 6.45) is 0. The summed E-state index contributed by atoms with van der Waals surface area (Å²) >= 11 is 5.87. The highest BCUT2D eigenvalue weighted by molar-refractivity contribution is 6.30. The number of carbonyl (C=O) groups is 1. The molecular formula is C25H23ClF2N2O2. The number of benzene rings is 3. The highest BCUT2D eigenvalue weighted by atomic mass is 35.5. The molecule has 0 atom stereocenters. The van der Waals surface area contributed by atoms with Crippen LogP contribution in [0.15, 0.2) is 72.8 Å². The molecule has 1 heterocycles. The quantitative estimate of drug-likeness (QED) is 0.527. The van der Waals surface area contributed by atoms with E-state index in [9.17, 15) is 13.6 Å². The molecule has 0 radical (unpaired) electrons. The van der Waals surface area contributed by atoms with Crippen LogP contribution >= 0.6 is 11.6 Å². The number of nitrogens with zero attached hydrogens (tertiary/aromatic N) is 2. The van der Waals surface area contributed by atoms with Crippen LogP contribution in [0.1, 0.15) is 17.2 Å². The lowest BCUT2D eigenvalue weighted by atomic mass is 9.96. The zero-order valence-corrected chi connectivity index (χ0v) is 18.1. The maximum absolute atomic E-state index is 13.5. The Morgan fingerprint density at radius 2 is 1.31 bits per heavy atom. The monoisotopic (exact) mass is 456 g/mol. The average molecular weight is 457 g/mol. The third kappa shape index (κ3) is 5.44. The number of rotatable bonds is 6. The van der Waals surface area contributed by atoms with E-state index in [2.05, 4.69) is 4.90 Å². The van der Waals surface area contributed by atoms with Gasteiger partial charge < -0.3 is 9.64 Å². The molecule has 1 fully saturated rings. The second kappa shape index (κ2) is 10.1. The fourth-order valence-corrected chi connectivity index (χ4v) is 4.03. The molecule has 4 rings (SSSR count). The summed E-state index contributed by atoms with van der Waals surface area (Å²) in [5.74, 6) is -0.0980. The van der Waals surface area contributed by atoms with Crippen LogP contribution in [0.3, 0.4) is 0 Å². The molecule has 166 valence electrons. The van der Waals surface area contributed by atoms with Gasteiger partial charge in [-0.3, -0.25) is 9.69 Å². The molecule has 7 heteroatoms. The lowest BCUT2D eigenvalue weighted by Gasteiger charge is -2.39. The summed E-state index contributed by atoms with van der Waals surface area (Å²) in [6.45, 7) is 2.31. The average Bonchev–Trinajstić information content (AvgIpc) is 2.81. The number of ether oxygens (including phenoxy) is 1. The molecular weight excluding hydrogens is 434 g/mol. The lowest BCUT2D eigenvalue weighted by Crippen LogP contribution is -2.51. The summed E-state index contributed by atoms with van der Waals surface area (Å²) in [4.78, 5) is 16.6. The van der Waals surface area contributed by atoms with Crippen molar-refractivity contribution in [3.63, 3.8) is 0 Å². The number of halogens is 3. The zero-order valence-electron chi connectivity index (χ0n) is 17.4. The van der Waals surface area contributed by atoms with E-state index in [1.165, 1.54) is 24.3 Å². The van der Waals surface area contributed by atoms with Crippen molar-refractivity contribution in [2.45, 2.75) is 6.04 Å².